The standard InChI is InChI=1S/C63H70ClN5O12S/c1-39-17-16-24-48(37-71)62(78)35-51(79-60(77)67-62)40(2)57-61(4,81-57)52(34-55(74)69(6)50-33-42(31-39)32-44(36-70)56(50)64)80-59(76)41(3)68(5)54(73)29-30-82-38-53(72)65-49-27-25-43(26-28-49)58(75)66-63(45-18-10-7-11-19-45,46-20-12-8-13-21-46)47-22-14-9-15-23-47/h7-28,32-33,40-41,48,51-52,57,70-71,78H,29-31,34-38H2,1-6H3,(H,65,72)(H,66,75)(H,67,77)/b24-16+,39-17+/t40-,41+,48+,51+,52+,57+,61+,62+/m1/s1. The molecule has 2 fully saturated rings. The van der Waals surface area contributed by atoms with E-state index in [4.69, 9.17) is 25.8 Å². The zero-order valence-electron chi connectivity index (χ0n) is 46.7. The van der Waals surface area contributed by atoms with Crippen LogP contribution in [0.4, 0.5) is 16.2 Å². The molecule has 0 unspecified atom stereocenters. The van der Waals surface area contributed by atoms with Crippen molar-refractivity contribution in [2.24, 2.45) is 11.8 Å². The van der Waals surface area contributed by atoms with E-state index in [-0.39, 0.29) is 41.2 Å². The molecule has 8 rings (SSSR count). The monoisotopic (exact) mass is 1160 g/mol. The first-order chi connectivity index (χ1) is 39.2. The lowest BCUT2D eigenvalue weighted by atomic mass is 9.77. The molecule has 432 valence electrons. The molecule has 3 heterocycles. The number of carbonyl (C=O) groups is 6. The van der Waals surface area contributed by atoms with Crippen molar-refractivity contribution in [2.45, 2.75) is 101 Å². The van der Waals surface area contributed by atoms with Crippen molar-refractivity contribution in [3.8, 4) is 0 Å². The lowest BCUT2D eigenvalue weighted by Gasteiger charge is -2.42. The highest BCUT2D eigenvalue weighted by Gasteiger charge is 2.64. The number of nitrogens with one attached hydrogen (secondary N) is 3. The number of allylic oxidation sites excluding steroid dienone is 3. The number of anilines is 2. The van der Waals surface area contributed by atoms with Gasteiger partial charge in [-0.15, -0.1) is 0 Å². The Morgan fingerprint density at radius 2 is 1.55 bits per heavy atom. The van der Waals surface area contributed by atoms with Crippen LogP contribution in [0.3, 0.4) is 0 Å². The summed E-state index contributed by atoms with van der Waals surface area (Å²) in [5.41, 5.74) is 1.47. The number of thioether (sulfide) groups is 1. The van der Waals surface area contributed by atoms with Gasteiger partial charge in [0.2, 0.25) is 17.7 Å². The van der Waals surface area contributed by atoms with E-state index < -0.39 is 96.6 Å². The molecule has 19 heteroatoms. The van der Waals surface area contributed by atoms with Crippen LogP contribution in [0.1, 0.15) is 85.1 Å². The molecule has 8 atom stereocenters. The van der Waals surface area contributed by atoms with Gasteiger partial charge in [-0.3, -0.25) is 24.5 Å². The summed E-state index contributed by atoms with van der Waals surface area (Å²) in [6.07, 6.45) is 0.982. The third-order valence-corrected chi connectivity index (χ3v) is 17.2. The molecule has 0 saturated carbocycles. The second kappa shape index (κ2) is 26.3. The number of likely N-dealkylation sites (N-methyl/N-ethyl adjacent to an activating group) is 1. The lowest BCUT2D eigenvalue weighted by Crippen LogP contribution is -2.62. The van der Waals surface area contributed by atoms with Crippen LogP contribution in [0.2, 0.25) is 5.02 Å². The first-order valence-corrected chi connectivity index (χ1v) is 28.7. The molecule has 82 heavy (non-hydrogen) atoms. The SMILES string of the molecule is C/C1=C\C=C\[C@@H](CO)[C@@]2(O)C[C@H](OC(=O)N2)[C@@H](C)[C@@H]2O[C@@]2(C)[C@@H](OC(=O)[C@H](C)N(C)C(=O)CCSCC(=O)Nc2ccc(C(=O)NC(c3ccccc3)(c3ccccc3)c3ccccc3)cc2)CC(=O)N(C)c2cc(cc(CO)c2Cl)C1. The Kier molecular flexibility index (Phi) is 19.5. The highest BCUT2D eigenvalue weighted by molar-refractivity contribution is 7.99. The molecule has 5 amide bonds. The van der Waals surface area contributed by atoms with E-state index in [0.29, 0.717) is 28.9 Å². The molecule has 0 aromatic heterocycles. The summed E-state index contributed by atoms with van der Waals surface area (Å²) < 4.78 is 18.2. The molecule has 6 N–H and O–H groups in total. The summed E-state index contributed by atoms with van der Waals surface area (Å²) in [6, 6.07) is 38.2. The van der Waals surface area contributed by atoms with E-state index >= 15 is 0 Å². The van der Waals surface area contributed by atoms with E-state index in [9.17, 15) is 44.1 Å². The van der Waals surface area contributed by atoms with Crippen LogP contribution in [-0.4, -0.2) is 124 Å². The highest BCUT2D eigenvalue weighted by atomic mass is 35.5. The van der Waals surface area contributed by atoms with E-state index in [1.807, 2.05) is 97.9 Å². The van der Waals surface area contributed by atoms with Gasteiger partial charge in [-0.1, -0.05) is 139 Å². The van der Waals surface area contributed by atoms with Gasteiger partial charge in [-0.05, 0) is 85.3 Å². The van der Waals surface area contributed by atoms with Gasteiger partial charge in [-0.2, -0.15) is 11.8 Å². The molecular weight excluding hydrogens is 1090 g/mol. The molecule has 4 bridgehead atoms. The van der Waals surface area contributed by atoms with Gasteiger partial charge in [0.25, 0.3) is 5.91 Å². The molecule has 0 aliphatic carbocycles. The molecule has 3 aliphatic heterocycles. The Balaban J connectivity index is 0.898. The minimum Gasteiger partial charge on any atom is -0.457 e. The predicted molar refractivity (Wildman–Crippen MR) is 314 cm³/mol. The number of hydrogen-bond donors (Lipinski definition) is 6. The number of rotatable bonds is 16. The van der Waals surface area contributed by atoms with Gasteiger partial charge in [0.15, 0.2) is 5.72 Å². The van der Waals surface area contributed by atoms with Crippen LogP contribution in [0.5, 0.6) is 0 Å². The molecule has 5 aromatic carbocycles. The maximum Gasteiger partial charge on any atom is 0.409 e. The number of ether oxygens (including phenoxy) is 3. The molecular formula is C63H70ClN5O12S. The second-order valence-corrected chi connectivity index (χ2v) is 22.9. The van der Waals surface area contributed by atoms with E-state index in [0.717, 1.165) is 27.8 Å². The average Bonchev–Trinajstić information content (AvgIpc) is 3.90. The second-order valence-electron chi connectivity index (χ2n) is 21.4. The number of alkyl carbamates (subject to hydrolysis) is 1. The number of benzene rings is 5. The Labute approximate surface area is 487 Å². The van der Waals surface area contributed by atoms with Gasteiger partial charge in [-0.25, -0.2) is 9.59 Å². The molecule has 5 aromatic rings. The topological polar surface area (TPSA) is 237 Å². The minimum absolute atomic E-state index is 0.00926. The highest BCUT2D eigenvalue weighted by Crippen LogP contribution is 2.49. The normalized spacial score (nSPS) is 24.2. The van der Waals surface area contributed by atoms with Crippen molar-refractivity contribution in [1.82, 2.24) is 15.5 Å². The number of epoxide rings is 1. The summed E-state index contributed by atoms with van der Waals surface area (Å²) in [5, 5.41) is 41.4. The molecule has 17 nitrogen and oxygen atoms in total. The number of halogens is 1. The van der Waals surface area contributed by atoms with Crippen molar-refractivity contribution in [3.63, 3.8) is 0 Å². The van der Waals surface area contributed by atoms with Crippen LogP contribution in [0.25, 0.3) is 0 Å². The van der Waals surface area contributed by atoms with Crippen LogP contribution in [0, 0.1) is 11.8 Å². The van der Waals surface area contributed by atoms with Gasteiger partial charge in [0, 0.05) is 55.8 Å². The summed E-state index contributed by atoms with van der Waals surface area (Å²) in [5.74, 6) is -3.73. The number of nitrogens with zero attached hydrogens (tertiary/aromatic N) is 2. The maximum absolute atomic E-state index is 14.4. The molecule has 2 saturated heterocycles. The van der Waals surface area contributed by atoms with Crippen LogP contribution in [-0.2, 0) is 52.0 Å². The first kappa shape index (κ1) is 60.8. The maximum atomic E-state index is 14.4. The Morgan fingerprint density at radius 3 is 2.13 bits per heavy atom. The van der Waals surface area contributed by atoms with Crippen molar-refractivity contribution in [2.75, 3.05) is 42.4 Å². The number of hydrogen-bond acceptors (Lipinski definition) is 13. The number of fused-ring (bicyclic) bond motifs is 5. The van der Waals surface area contributed by atoms with Crippen LogP contribution >= 0.6 is 23.4 Å². The van der Waals surface area contributed by atoms with Crippen molar-refractivity contribution in [1.29, 1.82) is 0 Å². The Bertz CT molecular complexity index is 3090. The fraction of sp³-hybridized carbons (Fsp3) is 0.365. The van der Waals surface area contributed by atoms with Crippen LogP contribution < -0.4 is 20.9 Å². The molecule has 0 radical (unpaired) electrons. The predicted octanol–water partition coefficient (Wildman–Crippen LogP) is 8.08. The van der Waals surface area contributed by atoms with Crippen molar-refractivity contribution >= 4 is 70.4 Å². The zero-order chi connectivity index (χ0) is 58.9. The zero-order valence-corrected chi connectivity index (χ0v) is 48.2. The number of aliphatic hydroxyl groups is 3. The number of carbonyl (C=O) groups excluding carboxylic acids is 6. The number of esters is 1. The lowest BCUT2D eigenvalue weighted by molar-refractivity contribution is -0.161. The fourth-order valence-corrected chi connectivity index (χ4v) is 11.7. The van der Waals surface area contributed by atoms with E-state index in [1.54, 1.807) is 68.5 Å². The quantitative estimate of drug-likeness (QED) is 0.0238. The fourth-order valence-electron chi connectivity index (χ4n) is 10.7. The minimum atomic E-state index is -1.92. The van der Waals surface area contributed by atoms with E-state index in [1.165, 1.54) is 42.6 Å². The van der Waals surface area contributed by atoms with Crippen molar-refractivity contribution < 1.29 is 58.3 Å². The van der Waals surface area contributed by atoms with Gasteiger partial charge in [0.1, 0.15) is 29.4 Å². The summed E-state index contributed by atoms with van der Waals surface area (Å²) in [7, 11) is 2.98. The largest absolute Gasteiger partial charge is 0.457 e. The third-order valence-electron chi connectivity index (χ3n) is 15.8. The van der Waals surface area contributed by atoms with Gasteiger partial charge >= 0.3 is 12.1 Å². The molecule has 0 spiro atoms. The molecule has 3 aliphatic rings. The average molecular weight is 1160 g/mol. The number of amides is 5. The summed E-state index contributed by atoms with van der Waals surface area (Å²) in [6.45, 7) is 5.85. The van der Waals surface area contributed by atoms with Gasteiger partial charge in [0.05, 0.1) is 42.2 Å². The first-order valence-electron chi connectivity index (χ1n) is 27.2. The Hall–Kier alpha value is -7.32. The summed E-state index contributed by atoms with van der Waals surface area (Å²) in [4.78, 5) is 85.0. The van der Waals surface area contributed by atoms with Crippen LogP contribution in [0.15, 0.2) is 151 Å². The smallest absolute Gasteiger partial charge is 0.409 e. The van der Waals surface area contributed by atoms with Crippen molar-refractivity contribution in [3.05, 3.63) is 190 Å². The summed E-state index contributed by atoms with van der Waals surface area (Å²) >= 11 is 8.02. The number of aliphatic hydroxyl groups excluding tert-OH is 2. The third kappa shape index (κ3) is 13.6. The Morgan fingerprint density at radius 1 is 0.939 bits per heavy atom. The van der Waals surface area contributed by atoms with Gasteiger partial charge < -0.3 is 50.0 Å². The van der Waals surface area contributed by atoms with E-state index in [2.05, 4.69) is 16.0 Å².